The van der Waals surface area contributed by atoms with Gasteiger partial charge < -0.3 is 9.88 Å². The van der Waals surface area contributed by atoms with Gasteiger partial charge in [-0.05, 0) is 49.7 Å². The van der Waals surface area contributed by atoms with E-state index in [2.05, 4.69) is 25.1 Å². The molecule has 4 aromatic rings. The minimum Gasteiger partial charge on any atom is -0.341 e. The fourth-order valence-corrected chi connectivity index (χ4v) is 4.38. The number of hydrogen-bond donors (Lipinski definition) is 2. The highest BCUT2D eigenvalue weighted by molar-refractivity contribution is 5.79. The third-order valence-corrected chi connectivity index (χ3v) is 5.97. The van der Waals surface area contributed by atoms with Crippen LogP contribution in [0.4, 0.5) is 4.39 Å². The molecule has 0 saturated carbocycles. The lowest BCUT2D eigenvalue weighted by Crippen LogP contribution is -2.38. The van der Waals surface area contributed by atoms with Gasteiger partial charge in [0, 0.05) is 13.0 Å². The number of fused-ring (bicyclic) bond motifs is 1. The Morgan fingerprint density at radius 2 is 1.97 bits per heavy atom. The van der Waals surface area contributed by atoms with Crippen LogP contribution < -0.4 is 0 Å². The van der Waals surface area contributed by atoms with Crippen LogP contribution in [-0.2, 0) is 17.8 Å². The normalized spacial score (nSPS) is 16.2. The fourth-order valence-electron chi connectivity index (χ4n) is 4.38. The number of H-pyrrole nitrogens is 2. The number of halogens is 1. The van der Waals surface area contributed by atoms with Crippen LogP contribution in [0.5, 0.6) is 0 Å². The first-order valence-corrected chi connectivity index (χ1v) is 11.1. The summed E-state index contributed by atoms with van der Waals surface area (Å²) in [6.07, 6.45) is 2.30. The third-order valence-electron chi connectivity index (χ3n) is 5.97. The van der Waals surface area contributed by atoms with Crippen LogP contribution in [0, 0.1) is 5.82 Å². The van der Waals surface area contributed by atoms with Gasteiger partial charge in [0.05, 0.1) is 30.2 Å². The molecule has 2 aromatic heterocycles. The van der Waals surface area contributed by atoms with E-state index in [9.17, 15) is 9.18 Å². The lowest BCUT2D eigenvalue weighted by atomic mass is 10.1. The highest BCUT2D eigenvalue weighted by Gasteiger charge is 2.33. The summed E-state index contributed by atoms with van der Waals surface area (Å²) in [5, 5.41) is 7.36. The Morgan fingerprint density at radius 3 is 2.79 bits per heavy atom. The molecule has 1 atom stereocenters. The molecule has 170 valence electrons. The molecule has 1 fully saturated rings. The predicted molar refractivity (Wildman–Crippen MR) is 122 cm³/mol. The van der Waals surface area contributed by atoms with Gasteiger partial charge in [-0.1, -0.05) is 24.3 Å². The van der Waals surface area contributed by atoms with Crippen LogP contribution in [0.3, 0.4) is 0 Å². The summed E-state index contributed by atoms with van der Waals surface area (Å²) in [6, 6.07) is 14.1. The van der Waals surface area contributed by atoms with E-state index in [1.54, 1.807) is 12.1 Å². The second-order valence-corrected chi connectivity index (χ2v) is 8.56. The molecule has 0 spiro atoms. The van der Waals surface area contributed by atoms with Crippen molar-refractivity contribution in [3.8, 4) is 0 Å². The third kappa shape index (κ3) is 4.78. The van der Waals surface area contributed by atoms with E-state index in [1.807, 2.05) is 41.1 Å². The van der Waals surface area contributed by atoms with E-state index in [0.29, 0.717) is 37.7 Å². The first kappa shape index (κ1) is 21.3. The number of para-hydroxylation sites is 2. The van der Waals surface area contributed by atoms with Crippen molar-refractivity contribution in [2.24, 2.45) is 0 Å². The topological polar surface area (TPSA) is 93.8 Å². The lowest BCUT2D eigenvalue weighted by molar-refractivity contribution is -0.133. The molecule has 3 heterocycles. The first-order chi connectivity index (χ1) is 16.0. The number of benzene rings is 2. The number of nitrogens with one attached hydrogen (secondary N) is 2. The summed E-state index contributed by atoms with van der Waals surface area (Å²) in [5.41, 5.74) is 2.87. The van der Waals surface area contributed by atoms with E-state index in [4.69, 9.17) is 0 Å². The number of amides is 1. The number of carbonyl (C=O) groups excluding carboxylic acids is 1. The van der Waals surface area contributed by atoms with Crippen molar-refractivity contribution in [2.45, 2.75) is 31.8 Å². The number of aromatic amines is 2. The van der Waals surface area contributed by atoms with Crippen LogP contribution in [0.2, 0.25) is 0 Å². The Kier molecular flexibility index (Phi) is 5.87. The summed E-state index contributed by atoms with van der Waals surface area (Å²) in [7, 11) is 1.92. The van der Waals surface area contributed by atoms with Gasteiger partial charge in [-0.3, -0.25) is 14.8 Å². The van der Waals surface area contributed by atoms with Crippen molar-refractivity contribution in [1.82, 2.24) is 34.9 Å². The molecular weight excluding hydrogens is 421 g/mol. The molecule has 5 rings (SSSR count). The van der Waals surface area contributed by atoms with Gasteiger partial charge in [0.15, 0.2) is 5.82 Å². The van der Waals surface area contributed by atoms with Gasteiger partial charge in [0.25, 0.3) is 0 Å². The average molecular weight is 448 g/mol. The molecule has 8 nitrogen and oxygen atoms in total. The summed E-state index contributed by atoms with van der Waals surface area (Å²) in [6.45, 7) is 1.55. The molecule has 9 heteroatoms. The Bertz CT molecular complexity index is 1220. The molecule has 33 heavy (non-hydrogen) atoms. The van der Waals surface area contributed by atoms with Gasteiger partial charge in [-0.25, -0.2) is 14.4 Å². The zero-order chi connectivity index (χ0) is 22.8. The molecule has 2 N–H and O–H groups in total. The van der Waals surface area contributed by atoms with Gasteiger partial charge in [0.2, 0.25) is 5.91 Å². The Labute approximate surface area is 190 Å². The zero-order valence-corrected chi connectivity index (χ0v) is 18.5. The quantitative estimate of drug-likeness (QED) is 0.454. The van der Waals surface area contributed by atoms with Gasteiger partial charge in [-0.2, -0.15) is 5.10 Å². The summed E-state index contributed by atoms with van der Waals surface area (Å²) in [4.78, 5) is 29.5. The maximum atomic E-state index is 13.1. The first-order valence-electron chi connectivity index (χ1n) is 11.1. The molecule has 1 saturated heterocycles. The summed E-state index contributed by atoms with van der Waals surface area (Å²) < 4.78 is 13.1. The van der Waals surface area contributed by atoms with E-state index >= 15 is 0 Å². The number of rotatable bonds is 7. The average Bonchev–Trinajstić information content (AvgIpc) is 3.54. The second-order valence-electron chi connectivity index (χ2n) is 8.56. The Balaban J connectivity index is 1.21. The second kappa shape index (κ2) is 9.11. The summed E-state index contributed by atoms with van der Waals surface area (Å²) >= 11 is 0. The fraction of sp³-hybridized carbons (Fsp3) is 0.333. The maximum Gasteiger partial charge on any atom is 0.237 e. The predicted octanol–water partition coefficient (Wildman–Crippen LogP) is 3.21. The van der Waals surface area contributed by atoms with E-state index in [0.717, 1.165) is 35.3 Å². The van der Waals surface area contributed by atoms with Crippen molar-refractivity contribution in [3.05, 3.63) is 77.4 Å². The highest BCUT2D eigenvalue weighted by Crippen LogP contribution is 2.30. The number of imidazole rings is 1. The molecule has 0 bridgehead atoms. The van der Waals surface area contributed by atoms with E-state index < -0.39 is 0 Å². The molecule has 1 aliphatic rings. The standard InChI is InChI=1S/C24H26FN7O/c1-31(14-22-26-18-5-2-3-6-19(18)27-22)15-23(33)32-12-4-7-20(32)24-28-21(29-30-24)13-16-8-10-17(25)11-9-16/h2-3,5-6,8-11,20H,4,7,12-15H2,1H3,(H,26,27)(H,28,29,30)/t20-/m1/s1. The monoisotopic (exact) mass is 447 g/mol. The minimum absolute atomic E-state index is 0.0565. The zero-order valence-electron chi connectivity index (χ0n) is 18.5. The van der Waals surface area contributed by atoms with E-state index in [-0.39, 0.29) is 17.8 Å². The van der Waals surface area contributed by atoms with Crippen molar-refractivity contribution in [2.75, 3.05) is 20.1 Å². The van der Waals surface area contributed by atoms with Gasteiger partial charge in [-0.15, -0.1) is 0 Å². The number of hydrogen-bond acceptors (Lipinski definition) is 5. The summed E-state index contributed by atoms with van der Waals surface area (Å²) in [5.74, 6) is 1.98. The highest BCUT2D eigenvalue weighted by atomic mass is 19.1. The molecule has 0 radical (unpaired) electrons. The van der Waals surface area contributed by atoms with Gasteiger partial charge in [0.1, 0.15) is 17.5 Å². The smallest absolute Gasteiger partial charge is 0.237 e. The molecule has 0 aliphatic carbocycles. The molecule has 2 aromatic carbocycles. The number of likely N-dealkylation sites (tertiary alicyclic amines) is 1. The minimum atomic E-state index is -0.262. The van der Waals surface area contributed by atoms with Crippen molar-refractivity contribution in [3.63, 3.8) is 0 Å². The van der Waals surface area contributed by atoms with Crippen LogP contribution >= 0.6 is 0 Å². The van der Waals surface area contributed by atoms with Crippen LogP contribution in [0.25, 0.3) is 11.0 Å². The number of aromatic nitrogens is 5. The van der Waals surface area contributed by atoms with E-state index in [1.165, 1.54) is 12.1 Å². The van der Waals surface area contributed by atoms with Crippen LogP contribution in [0.1, 0.15) is 41.9 Å². The van der Waals surface area contributed by atoms with Crippen molar-refractivity contribution >= 4 is 16.9 Å². The van der Waals surface area contributed by atoms with Crippen LogP contribution in [-0.4, -0.2) is 61.0 Å². The number of nitrogens with zero attached hydrogens (tertiary/aromatic N) is 5. The maximum absolute atomic E-state index is 13.1. The largest absolute Gasteiger partial charge is 0.341 e. The Morgan fingerprint density at radius 1 is 1.15 bits per heavy atom. The molecule has 1 amide bonds. The van der Waals surface area contributed by atoms with Gasteiger partial charge >= 0.3 is 0 Å². The van der Waals surface area contributed by atoms with Crippen LogP contribution in [0.15, 0.2) is 48.5 Å². The molecular formula is C24H26FN7O. The molecule has 1 aliphatic heterocycles. The molecule has 0 unspecified atom stereocenters. The SMILES string of the molecule is CN(CC(=O)N1CCC[C@@H]1c1n[nH]c(Cc2ccc(F)cc2)n1)Cc1nc2ccccc2[nH]1. The van der Waals surface area contributed by atoms with Crippen molar-refractivity contribution < 1.29 is 9.18 Å². The van der Waals surface area contributed by atoms with Crippen molar-refractivity contribution in [1.29, 1.82) is 0 Å². The number of carbonyl (C=O) groups is 1. The Hall–Kier alpha value is -3.59. The number of likely N-dealkylation sites (N-methyl/N-ethyl adjacent to an activating group) is 1. The lowest BCUT2D eigenvalue weighted by Gasteiger charge is -2.25.